The molecule has 0 unspecified atom stereocenters. The number of hydrazine groups is 1. The van der Waals surface area contributed by atoms with Gasteiger partial charge in [0.2, 0.25) is 29.3 Å². The van der Waals surface area contributed by atoms with Crippen LogP contribution in [-0.4, -0.2) is 67.6 Å². The average molecular weight is 533 g/mol. The number of nitrogens with two attached hydrogens (primary N) is 1. The van der Waals surface area contributed by atoms with Crippen molar-refractivity contribution >= 4 is 29.3 Å². The lowest BCUT2D eigenvalue weighted by molar-refractivity contribution is -0.140. The fourth-order valence-corrected chi connectivity index (χ4v) is 3.77. The molecule has 0 aliphatic rings. The van der Waals surface area contributed by atoms with E-state index in [0.29, 0.717) is 19.5 Å². The molecule has 2 atom stereocenters. The van der Waals surface area contributed by atoms with Gasteiger partial charge in [0.25, 0.3) is 0 Å². The van der Waals surface area contributed by atoms with Crippen LogP contribution in [0.5, 0.6) is 0 Å². The Bertz CT molecular complexity index is 893. The number of amides is 3. The zero-order chi connectivity index (χ0) is 28.3. The van der Waals surface area contributed by atoms with Crippen molar-refractivity contribution in [3.8, 4) is 0 Å². The highest BCUT2D eigenvalue weighted by Crippen LogP contribution is 2.10. The topological polar surface area (TPSA) is 172 Å². The highest BCUT2D eigenvalue weighted by atomic mass is 16.2. The molecule has 0 aliphatic heterocycles. The molecule has 0 aliphatic carbocycles. The van der Waals surface area contributed by atoms with E-state index < -0.39 is 29.6 Å². The lowest BCUT2D eigenvalue weighted by Gasteiger charge is -2.23. The molecule has 38 heavy (non-hydrogen) atoms. The van der Waals surface area contributed by atoms with Crippen molar-refractivity contribution in [2.45, 2.75) is 71.4 Å². The van der Waals surface area contributed by atoms with Gasteiger partial charge in [0, 0.05) is 26.4 Å². The molecule has 0 fully saturated rings. The van der Waals surface area contributed by atoms with Crippen molar-refractivity contribution in [1.29, 1.82) is 0 Å². The van der Waals surface area contributed by atoms with Crippen molar-refractivity contribution in [2.24, 2.45) is 11.7 Å². The number of carbonyl (C=O) groups excluding carboxylic acids is 5. The summed E-state index contributed by atoms with van der Waals surface area (Å²) in [4.78, 5) is 61.2. The summed E-state index contributed by atoms with van der Waals surface area (Å²) in [6, 6.07) is 7.19. The number of benzene rings is 1. The third-order valence-corrected chi connectivity index (χ3v) is 5.71. The molecule has 0 spiro atoms. The van der Waals surface area contributed by atoms with Gasteiger partial charge in [-0.05, 0) is 30.7 Å². The van der Waals surface area contributed by atoms with Crippen LogP contribution in [0.2, 0.25) is 0 Å². The Hall–Kier alpha value is -3.15. The molecule has 0 bridgehead atoms. The summed E-state index contributed by atoms with van der Waals surface area (Å²) in [5.74, 6) is -2.11. The van der Waals surface area contributed by atoms with Crippen LogP contribution < -0.4 is 32.5 Å². The molecule has 1 rings (SSSR count). The number of hydrogen-bond acceptors (Lipinski definition) is 8. The summed E-state index contributed by atoms with van der Waals surface area (Å²) in [7, 11) is 0. The highest BCUT2D eigenvalue weighted by molar-refractivity contribution is 6.41. The summed E-state index contributed by atoms with van der Waals surface area (Å²) in [5.41, 5.74) is 11.8. The lowest BCUT2D eigenvalue weighted by atomic mass is 9.93. The Morgan fingerprint density at radius 1 is 0.816 bits per heavy atom. The number of ketones is 2. The summed E-state index contributed by atoms with van der Waals surface area (Å²) >= 11 is 0. The second kappa shape index (κ2) is 19.0. The number of rotatable bonds is 20. The van der Waals surface area contributed by atoms with Crippen molar-refractivity contribution in [3.05, 3.63) is 35.9 Å². The van der Waals surface area contributed by atoms with Gasteiger partial charge >= 0.3 is 0 Å². The molecule has 0 heterocycles. The monoisotopic (exact) mass is 532 g/mol. The van der Waals surface area contributed by atoms with Crippen molar-refractivity contribution in [3.63, 3.8) is 0 Å². The van der Waals surface area contributed by atoms with Crippen molar-refractivity contribution < 1.29 is 24.0 Å². The molecule has 0 radical (unpaired) electrons. The predicted octanol–water partition coefficient (Wildman–Crippen LogP) is 0.132. The molecule has 1 aromatic rings. The van der Waals surface area contributed by atoms with Crippen LogP contribution in [0.3, 0.4) is 0 Å². The van der Waals surface area contributed by atoms with Gasteiger partial charge in [-0.25, -0.2) is 10.9 Å². The summed E-state index contributed by atoms with van der Waals surface area (Å²) in [6.07, 6.45) is 4.13. The molecule has 3 amide bonds. The Labute approximate surface area is 225 Å². The van der Waals surface area contributed by atoms with Gasteiger partial charge in [-0.15, -0.1) is 0 Å². The van der Waals surface area contributed by atoms with Crippen molar-refractivity contribution in [1.82, 2.24) is 26.8 Å². The van der Waals surface area contributed by atoms with Crippen molar-refractivity contribution in [2.75, 3.05) is 26.2 Å². The first-order valence-electron chi connectivity index (χ1n) is 13.2. The molecule has 11 nitrogen and oxygen atoms in total. The summed E-state index contributed by atoms with van der Waals surface area (Å²) in [6.45, 7) is 6.14. The van der Waals surface area contributed by atoms with Gasteiger partial charge < -0.3 is 21.7 Å². The number of hydrogen-bond donors (Lipinski definition) is 6. The van der Waals surface area contributed by atoms with E-state index in [0.717, 1.165) is 31.2 Å². The maximum absolute atomic E-state index is 13.2. The first-order valence-corrected chi connectivity index (χ1v) is 13.2. The maximum atomic E-state index is 13.2. The Morgan fingerprint density at radius 3 is 2.00 bits per heavy atom. The summed E-state index contributed by atoms with van der Waals surface area (Å²) in [5, 5.41) is 8.12. The minimum absolute atomic E-state index is 0.0366. The van der Waals surface area contributed by atoms with Crippen LogP contribution >= 0.6 is 0 Å². The van der Waals surface area contributed by atoms with E-state index in [1.54, 1.807) is 0 Å². The minimum atomic E-state index is -1.04. The Morgan fingerprint density at radius 2 is 1.42 bits per heavy atom. The summed E-state index contributed by atoms with van der Waals surface area (Å²) < 4.78 is 0. The number of Topliss-reactive ketones (excluding diaryl/α,β-unsaturated/α-hetero) is 2. The predicted molar refractivity (Wildman–Crippen MR) is 146 cm³/mol. The van der Waals surface area contributed by atoms with Crippen LogP contribution in [0.25, 0.3) is 0 Å². The van der Waals surface area contributed by atoms with Gasteiger partial charge in [-0.3, -0.25) is 24.0 Å². The molecule has 1 aromatic carbocycles. The Balaban J connectivity index is 2.57. The fourth-order valence-electron chi connectivity index (χ4n) is 3.77. The Kier molecular flexibility index (Phi) is 16.4. The van der Waals surface area contributed by atoms with Crippen LogP contribution in [0.4, 0.5) is 0 Å². The molecule has 7 N–H and O–H groups in total. The maximum Gasteiger partial charge on any atom is 0.235 e. The highest BCUT2D eigenvalue weighted by Gasteiger charge is 2.32. The van der Waals surface area contributed by atoms with Gasteiger partial charge in [0.15, 0.2) is 0 Å². The third kappa shape index (κ3) is 14.6. The van der Waals surface area contributed by atoms with E-state index in [-0.39, 0.29) is 37.2 Å². The first-order chi connectivity index (χ1) is 18.1. The van der Waals surface area contributed by atoms with E-state index in [9.17, 15) is 24.0 Å². The zero-order valence-electron chi connectivity index (χ0n) is 22.8. The third-order valence-electron chi connectivity index (χ3n) is 5.71. The molecule has 11 heteroatoms. The largest absolute Gasteiger partial charge is 0.356 e. The molecule has 0 aromatic heterocycles. The van der Waals surface area contributed by atoms with E-state index in [2.05, 4.69) is 26.8 Å². The van der Waals surface area contributed by atoms with E-state index in [4.69, 9.17) is 5.73 Å². The molecule has 212 valence electrons. The van der Waals surface area contributed by atoms with E-state index in [1.807, 2.05) is 44.2 Å². The van der Waals surface area contributed by atoms with Crippen LogP contribution in [0.15, 0.2) is 30.3 Å². The smallest absolute Gasteiger partial charge is 0.235 e. The fraction of sp³-hybridized carbons (Fsp3) is 0.593. The van der Waals surface area contributed by atoms with Gasteiger partial charge in [0.1, 0.15) is 0 Å². The first kappa shape index (κ1) is 32.9. The van der Waals surface area contributed by atoms with Crippen LogP contribution in [-0.2, 0) is 30.4 Å². The average Bonchev–Trinajstić information content (AvgIpc) is 2.88. The minimum Gasteiger partial charge on any atom is -0.356 e. The standard InChI is InChI=1S/C27H44N6O5/c1-19(2)15-23(33-31-18-25(36)30-14-10-5-4-9-13-29-20(3)34)27(38)26(37)22(32-24(35)17-28)16-21-11-7-6-8-12-21/h6-8,11-12,19,22-23,31,33H,4-5,9-10,13-18,28H2,1-3H3,(H,29,34)(H,30,36)(H,32,35)/t22-,23-/m0/s1. The lowest BCUT2D eigenvalue weighted by Crippen LogP contribution is -2.55. The molecule has 0 saturated carbocycles. The normalized spacial score (nSPS) is 12.4. The molecule has 0 saturated heterocycles. The van der Waals surface area contributed by atoms with Gasteiger partial charge in [-0.2, -0.15) is 0 Å². The van der Waals surface area contributed by atoms with Gasteiger partial charge in [0.05, 0.1) is 25.2 Å². The van der Waals surface area contributed by atoms with E-state index in [1.165, 1.54) is 6.92 Å². The van der Waals surface area contributed by atoms with Crippen LogP contribution in [0, 0.1) is 5.92 Å². The molecular formula is C27H44N6O5. The second-order valence-electron chi connectivity index (χ2n) is 9.67. The molecular weight excluding hydrogens is 488 g/mol. The van der Waals surface area contributed by atoms with E-state index >= 15 is 0 Å². The number of unbranched alkanes of at least 4 members (excludes halogenated alkanes) is 3. The number of nitrogens with one attached hydrogen (secondary N) is 5. The van der Waals surface area contributed by atoms with Gasteiger partial charge in [-0.1, -0.05) is 57.0 Å². The SMILES string of the molecule is CC(=O)NCCCCCCNC(=O)CNN[C@@H](CC(C)C)C(=O)C(=O)[C@H](Cc1ccccc1)NC(=O)CN. The second-order valence-corrected chi connectivity index (χ2v) is 9.67. The quantitative estimate of drug-likeness (QED) is 0.0781. The number of carbonyl (C=O) groups is 5. The zero-order valence-corrected chi connectivity index (χ0v) is 22.8. The van der Waals surface area contributed by atoms with Crippen LogP contribution in [0.1, 0.15) is 58.4 Å².